The third-order valence-corrected chi connectivity index (χ3v) is 4.71. The van der Waals surface area contributed by atoms with Crippen molar-refractivity contribution in [2.24, 2.45) is 5.92 Å². The number of alkyl halides is 2. The lowest BCUT2D eigenvalue weighted by molar-refractivity contribution is 0.494. The molecular formula is C9H19Cl2NO2S. The number of hydrogen-bond acceptors (Lipinski definition) is 2. The second kappa shape index (κ2) is 6.28. The molecule has 0 aliphatic rings. The van der Waals surface area contributed by atoms with Crippen LogP contribution in [0.2, 0.25) is 0 Å². The Bertz CT molecular complexity index is 274. The Balaban J connectivity index is 4.37. The highest BCUT2D eigenvalue weighted by atomic mass is 35.5. The normalized spacial score (nSPS) is 13.5. The van der Waals surface area contributed by atoms with Crippen molar-refractivity contribution in [3.05, 3.63) is 0 Å². The highest BCUT2D eigenvalue weighted by Crippen LogP contribution is 2.12. The van der Waals surface area contributed by atoms with E-state index in [1.807, 2.05) is 13.8 Å². The van der Waals surface area contributed by atoms with Gasteiger partial charge in [-0.2, -0.15) is 0 Å². The summed E-state index contributed by atoms with van der Waals surface area (Å²) in [5.74, 6) is 0.808. The third kappa shape index (κ3) is 6.61. The molecule has 0 aromatic rings. The van der Waals surface area contributed by atoms with Gasteiger partial charge in [-0.15, -0.1) is 23.2 Å². The lowest BCUT2D eigenvalue weighted by Gasteiger charge is -2.25. The average molecular weight is 276 g/mol. The topological polar surface area (TPSA) is 46.2 Å². The SMILES string of the molecule is CC(C)CCS(=O)(=O)NC(C)(CCl)CCl. The summed E-state index contributed by atoms with van der Waals surface area (Å²) in [6, 6.07) is 0. The molecule has 0 saturated carbocycles. The number of nitrogens with one attached hydrogen (secondary N) is 1. The summed E-state index contributed by atoms with van der Waals surface area (Å²) in [5, 5.41) is 0. The standard InChI is InChI=1S/C9H19Cl2NO2S/c1-8(2)4-5-15(13,14)12-9(3,6-10)7-11/h8,12H,4-7H2,1-3H3. The second-order valence-electron chi connectivity index (χ2n) is 4.43. The van der Waals surface area contributed by atoms with Crippen LogP contribution in [-0.4, -0.2) is 31.5 Å². The molecule has 0 aromatic carbocycles. The molecule has 0 aliphatic carbocycles. The van der Waals surface area contributed by atoms with Crippen LogP contribution in [0.3, 0.4) is 0 Å². The third-order valence-electron chi connectivity index (χ3n) is 1.96. The van der Waals surface area contributed by atoms with Gasteiger partial charge in [-0.3, -0.25) is 0 Å². The molecule has 3 nitrogen and oxygen atoms in total. The van der Waals surface area contributed by atoms with Crippen molar-refractivity contribution in [1.82, 2.24) is 4.72 Å². The van der Waals surface area contributed by atoms with Gasteiger partial charge in [-0.1, -0.05) is 13.8 Å². The van der Waals surface area contributed by atoms with Gasteiger partial charge in [0.25, 0.3) is 0 Å². The largest absolute Gasteiger partial charge is 0.212 e. The predicted octanol–water partition coefficient (Wildman–Crippen LogP) is 2.19. The van der Waals surface area contributed by atoms with Crippen molar-refractivity contribution < 1.29 is 8.42 Å². The molecule has 0 heterocycles. The molecule has 6 heteroatoms. The van der Waals surface area contributed by atoms with Crippen molar-refractivity contribution in [2.45, 2.75) is 32.7 Å². The zero-order valence-corrected chi connectivity index (χ0v) is 11.7. The monoisotopic (exact) mass is 275 g/mol. The van der Waals surface area contributed by atoms with E-state index < -0.39 is 15.6 Å². The molecule has 0 unspecified atom stereocenters. The molecule has 0 aliphatic heterocycles. The zero-order valence-electron chi connectivity index (χ0n) is 9.39. The summed E-state index contributed by atoms with van der Waals surface area (Å²) in [4.78, 5) is 0. The summed E-state index contributed by atoms with van der Waals surface area (Å²) in [6.45, 7) is 5.66. The Morgan fingerprint density at radius 1 is 1.27 bits per heavy atom. The van der Waals surface area contributed by atoms with Gasteiger partial charge in [-0.25, -0.2) is 13.1 Å². The van der Waals surface area contributed by atoms with E-state index in [1.165, 1.54) is 0 Å². The Labute approximate surface area is 103 Å². The predicted molar refractivity (Wildman–Crippen MR) is 66.2 cm³/mol. The highest BCUT2D eigenvalue weighted by Gasteiger charge is 2.27. The fourth-order valence-electron chi connectivity index (χ4n) is 0.908. The van der Waals surface area contributed by atoms with Crippen LogP contribution in [0.15, 0.2) is 0 Å². The first-order valence-corrected chi connectivity index (χ1v) is 7.60. The summed E-state index contributed by atoms with van der Waals surface area (Å²) in [6.07, 6.45) is 0.635. The van der Waals surface area contributed by atoms with E-state index in [0.717, 1.165) is 0 Å². The number of sulfonamides is 1. The van der Waals surface area contributed by atoms with Gasteiger partial charge >= 0.3 is 0 Å². The van der Waals surface area contributed by atoms with E-state index in [1.54, 1.807) is 6.92 Å². The Morgan fingerprint density at radius 3 is 2.07 bits per heavy atom. The van der Waals surface area contributed by atoms with Crippen molar-refractivity contribution in [2.75, 3.05) is 17.5 Å². The molecule has 0 amide bonds. The fourth-order valence-corrected chi connectivity index (χ4v) is 3.26. The van der Waals surface area contributed by atoms with Crippen molar-refractivity contribution in [3.8, 4) is 0 Å². The summed E-state index contributed by atoms with van der Waals surface area (Å²) in [7, 11) is -3.28. The van der Waals surface area contributed by atoms with Gasteiger partial charge in [0.1, 0.15) is 0 Å². The first-order chi connectivity index (χ1) is 6.74. The van der Waals surface area contributed by atoms with Gasteiger partial charge in [0, 0.05) is 11.8 Å². The van der Waals surface area contributed by atoms with E-state index >= 15 is 0 Å². The maximum absolute atomic E-state index is 11.6. The van der Waals surface area contributed by atoms with Crippen molar-refractivity contribution in [1.29, 1.82) is 0 Å². The lowest BCUT2D eigenvalue weighted by atomic mass is 10.1. The van der Waals surface area contributed by atoms with Gasteiger partial charge < -0.3 is 0 Å². The summed E-state index contributed by atoms with van der Waals surface area (Å²) < 4.78 is 25.8. The van der Waals surface area contributed by atoms with Gasteiger partial charge in [0.05, 0.1) is 11.3 Å². The lowest BCUT2D eigenvalue weighted by Crippen LogP contribution is -2.49. The molecule has 92 valence electrons. The Morgan fingerprint density at radius 2 is 1.73 bits per heavy atom. The van der Waals surface area contributed by atoms with Crippen LogP contribution in [-0.2, 0) is 10.0 Å². The Kier molecular flexibility index (Phi) is 6.49. The molecule has 0 fully saturated rings. The van der Waals surface area contributed by atoms with Gasteiger partial charge in [0.2, 0.25) is 10.0 Å². The van der Waals surface area contributed by atoms with Gasteiger partial charge in [-0.05, 0) is 19.3 Å². The van der Waals surface area contributed by atoms with Crippen LogP contribution in [0, 0.1) is 5.92 Å². The number of halogens is 2. The zero-order chi connectivity index (χ0) is 12.1. The molecule has 15 heavy (non-hydrogen) atoms. The molecule has 0 radical (unpaired) electrons. The summed E-state index contributed by atoms with van der Waals surface area (Å²) in [5.41, 5.74) is -0.751. The van der Waals surface area contributed by atoms with E-state index in [9.17, 15) is 8.42 Å². The Hall–Kier alpha value is 0.490. The average Bonchev–Trinajstić information content (AvgIpc) is 2.14. The molecule has 1 N–H and O–H groups in total. The molecule has 0 rings (SSSR count). The molecular weight excluding hydrogens is 257 g/mol. The number of hydrogen-bond donors (Lipinski definition) is 1. The van der Waals surface area contributed by atoms with Crippen LogP contribution >= 0.6 is 23.2 Å². The van der Waals surface area contributed by atoms with Crippen LogP contribution < -0.4 is 4.72 Å². The van der Waals surface area contributed by atoms with Crippen LogP contribution in [0.25, 0.3) is 0 Å². The summed E-state index contributed by atoms with van der Waals surface area (Å²) >= 11 is 11.3. The van der Waals surface area contributed by atoms with E-state index in [-0.39, 0.29) is 17.5 Å². The molecule has 0 saturated heterocycles. The van der Waals surface area contributed by atoms with E-state index in [2.05, 4.69) is 4.72 Å². The maximum Gasteiger partial charge on any atom is 0.212 e. The van der Waals surface area contributed by atoms with Gasteiger partial charge in [0.15, 0.2) is 0 Å². The van der Waals surface area contributed by atoms with Crippen molar-refractivity contribution in [3.63, 3.8) is 0 Å². The quantitative estimate of drug-likeness (QED) is 0.724. The first kappa shape index (κ1) is 15.5. The minimum Gasteiger partial charge on any atom is -0.212 e. The highest BCUT2D eigenvalue weighted by molar-refractivity contribution is 7.89. The minimum atomic E-state index is -3.28. The molecule has 0 atom stereocenters. The molecule has 0 bridgehead atoms. The second-order valence-corrected chi connectivity index (χ2v) is 6.81. The van der Waals surface area contributed by atoms with Crippen LogP contribution in [0.1, 0.15) is 27.2 Å². The maximum atomic E-state index is 11.6. The van der Waals surface area contributed by atoms with E-state index in [4.69, 9.17) is 23.2 Å². The molecule has 0 spiro atoms. The number of rotatable bonds is 7. The first-order valence-electron chi connectivity index (χ1n) is 4.88. The smallest absolute Gasteiger partial charge is 0.212 e. The van der Waals surface area contributed by atoms with Crippen LogP contribution in [0.4, 0.5) is 0 Å². The van der Waals surface area contributed by atoms with Crippen molar-refractivity contribution >= 4 is 33.2 Å². The van der Waals surface area contributed by atoms with E-state index in [0.29, 0.717) is 12.3 Å². The molecule has 0 aromatic heterocycles. The minimum absolute atomic E-state index is 0.119. The van der Waals surface area contributed by atoms with Crippen LogP contribution in [0.5, 0.6) is 0 Å². The fraction of sp³-hybridized carbons (Fsp3) is 1.00.